The smallest absolute Gasteiger partial charge is 0.187 e. The van der Waals surface area contributed by atoms with Crippen LogP contribution in [0, 0.1) is 0 Å². The summed E-state index contributed by atoms with van der Waals surface area (Å²) in [5.74, 6) is 0. The standard InChI is InChI=1S/C20H38O10/c1-3-4-5-6-7-8-9-27-20-18(16(25)14(23)12(10-21)29-20)30-19-17(26)15(24)13(22)11(2)28-19/h11-26H,3-10H2,1-2H3/t11-,12+,13+,14-,15+,16-,17-,18+,19-,20+/m0/s1. The first kappa shape index (κ1) is 25.9. The monoisotopic (exact) mass is 438 g/mol. The first-order chi connectivity index (χ1) is 14.3. The van der Waals surface area contributed by atoms with Crippen molar-refractivity contribution in [1.29, 1.82) is 0 Å². The van der Waals surface area contributed by atoms with Crippen molar-refractivity contribution in [2.24, 2.45) is 0 Å². The van der Waals surface area contributed by atoms with Gasteiger partial charge in [-0.05, 0) is 13.3 Å². The Morgan fingerprint density at radius 3 is 2.07 bits per heavy atom. The van der Waals surface area contributed by atoms with E-state index >= 15 is 0 Å². The zero-order chi connectivity index (χ0) is 22.3. The molecule has 0 aliphatic carbocycles. The summed E-state index contributed by atoms with van der Waals surface area (Å²) in [6, 6.07) is 0. The van der Waals surface area contributed by atoms with E-state index in [2.05, 4.69) is 6.92 Å². The van der Waals surface area contributed by atoms with Crippen LogP contribution in [0.5, 0.6) is 0 Å². The third kappa shape index (κ3) is 6.55. The van der Waals surface area contributed by atoms with Gasteiger partial charge < -0.3 is 49.6 Å². The lowest BCUT2D eigenvalue weighted by Gasteiger charge is -2.45. The van der Waals surface area contributed by atoms with Gasteiger partial charge in [-0.3, -0.25) is 0 Å². The Balaban J connectivity index is 1.97. The van der Waals surface area contributed by atoms with Crippen LogP contribution in [-0.4, -0.2) is 105 Å². The van der Waals surface area contributed by atoms with Crippen LogP contribution in [0.25, 0.3) is 0 Å². The van der Waals surface area contributed by atoms with Crippen LogP contribution in [0.15, 0.2) is 0 Å². The summed E-state index contributed by atoms with van der Waals surface area (Å²) in [5.41, 5.74) is 0. The van der Waals surface area contributed by atoms with Gasteiger partial charge >= 0.3 is 0 Å². The molecule has 178 valence electrons. The van der Waals surface area contributed by atoms with E-state index in [1.165, 1.54) is 13.3 Å². The fraction of sp³-hybridized carbons (Fsp3) is 1.00. The van der Waals surface area contributed by atoms with Gasteiger partial charge in [-0.2, -0.15) is 0 Å². The van der Waals surface area contributed by atoms with Crippen LogP contribution in [0.4, 0.5) is 0 Å². The van der Waals surface area contributed by atoms with Gasteiger partial charge in [0, 0.05) is 6.61 Å². The van der Waals surface area contributed by atoms with Gasteiger partial charge in [0.25, 0.3) is 0 Å². The third-order valence-corrected chi connectivity index (χ3v) is 5.70. The molecule has 10 nitrogen and oxygen atoms in total. The zero-order valence-electron chi connectivity index (χ0n) is 17.7. The van der Waals surface area contributed by atoms with Crippen molar-refractivity contribution < 1.29 is 49.6 Å². The van der Waals surface area contributed by atoms with E-state index < -0.39 is 68.0 Å². The second-order valence-corrected chi connectivity index (χ2v) is 8.13. The molecule has 0 spiro atoms. The van der Waals surface area contributed by atoms with Gasteiger partial charge in [-0.25, -0.2) is 0 Å². The number of hydrogen-bond acceptors (Lipinski definition) is 10. The molecule has 10 atom stereocenters. The lowest BCUT2D eigenvalue weighted by Crippen LogP contribution is -2.64. The molecule has 0 unspecified atom stereocenters. The van der Waals surface area contributed by atoms with Crippen LogP contribution in [0.1, 0.15) is 52.4 Å². The molecule has 2 heterocycles. The van der Waals surface area contributed by atoms with Gasteiger partial charge in [0.2, 0.25) is 0 Å². The van der Waals surface area contributed by atoms with E-state index in [-0.39, 0.29) is 0 Å². The number of hydrogen-bond donors (Lipinski definition) is 6. The second kappa shape index (κ2) is 12.6. The highest BCUT2D eigenvalue weighted by molar-refractivity contribution is 4.93. The van der Waals surface area contributed by atoms with Crippen LogP contribution in [-0.2, 0) is 18.9 Å². The Hall–Kier alpha value is -0.400. The molecular weight excluding hydrogens is 400 g/mol. The van der Waals surface area contributed by atoms with Gasteiger partial charge in [0.15, 0.2) is 12.6 Å². The summed E-state index contributed by atoms with van der Waals surface area (Å²) in [4.78, 5) is 0. The average molecular weight is 439 g/mol. The Labute approximate surface area is 177 Å². The van der Waals surface area contributed by atoms with Crippen molar-refractivity contribution >= 4 is 0 Å². The van der Waals surface area contributed by atoms with E-state index in [0.717, 1.165) is 32.1 Å². The molecule has 6 N–H and O–H groups in total. The lowest BCUT2D eigenvalue weighted by atomic mass is 9.97. The highest BCUT2D eigenvalue weighted by Gasteiger charge is 2.50. The zero-order valence-corrected chi connectivity index (χ0v) is 17.7. The summed E-state index contributed by atoms with van der Waals surface area (Å²) in [7, 11) is 0. The Morgan fingerprint density at radius 1 is 0.733 bits per heavy atom. The lowest BCUT2D eigenvalue weighted by molar-refractivity contribution is -0.364. The number of rotatable bonds is 11. The second-order valence-electron chi connectivity index (χ2n) is 8.13. The summed E-state index contributed by atoms with van der Waals surface area (Å²) in [6.07, 6.45) is -6.59. The molecule has 0 radical (unpaired) electrons. The Bertz CT molecular complexity index is 481. The van der Waals surface area contributed by atoms with Crippen LogP contribution in [0.3, 0.4) is 0 Å². The molecule has 10 heteroatoms. The number of aliphatic hydroxyl groups is 6. The molecule has 2 fully saturated rings. The van der Waals surface area contributed by atoms with E-state index in [9.17, 15) is 30.6 Å². The van der Waals surface area contributed by atoms with Crippen molar-refractivity contribution in [3.63, 3.8) is 0 Å². The highest BCUT2D eigenvalue weighted by Crippen LogP contribution is 2.29. The summed E-state index contributed by atoms with van der Waals surface area (Å²) < 4.78 is 22.4. The van der Waals surface area contributed by atoms with Crippen molar-refractivity contribution in [2.75, 3.05) is 13.2 Å². The van der Waals surface area contributed by atoms with E-state index in [1.54, 1.807) is 0 Å². The van der Waals surface area contributed by atoms with Crippen LogP contribution in [0.2, 0.25) is 0 Å². The minimum atomic E-state index is -1.57. The molecule has 0 saturated carbocycles. The predicted molar refractivity (Wildman–Crippen MR) is 104 cm³/mol. The quantitative estimate of drug-likeness (QED) is 0.221. The van der Waals surface area contributed by atoms with E-state index in [1.807, 2.05) is 0 Å². The molecular formula is C20H38O10. The molecule has 0 aromatic heterocycles. The predicted octanol–water partition coefficient (Wildman–Crippen LogP) is -0.985. The maximum absolute atomic E-state index is 10.5. The molecule has 2 rings (SSSR count). The maximum atomic E-state index is 10.5. The SMILES string of the molecule is CCCCCCCCO[C@@H]1O[C@H](CO)[C@H](O)[C@H](O)[C@H]1O[C@@H]1O[C@@H](C)[C@@H](O)[C@@H](O)[C@@H]1O. The van der Waals surface area contributed by atoms with Crippen molar-refractivity contribution in [3.05, 3.63) is 0 Å². The highest BCUT2D eigenvalue weighted by atomic mass is 16.8. The normalized spacial score (nSPS) is 42.4. The largest absolute Gasteiger partial charge is 0.394 e. The van der Waals surface area contributed by atoms with Gasteiger partial charge in [0.05, 0.1) is 12.7 Å². The fourth-order valence-electron chi connectivity index (χ4n) is 3.70. The number of unbranched alkanes of at least 4 members (excludes halogenated alkanes) is 5. The van der Waals surface area contributed by atoms with E-state index in [4.69, 9.17) is 18.9 Å². The molecule has 30 heavy (non-hydrogen) atoms. The van der Waals surface area contributed by atoms with Crippen molar-refractivity contribution in [1.82, 2.24) is 0 Å². The molecule has 0 bridgehead atoms. The Kier molecular flexibility index (Phi) is 10.9. The Morgan fingerprint density at radius 2 is 1.40 bits per heavy atom. The van der Waals surface area contributed by atoms with Crippen LogP contribution >= 0.6 is 0 Å². The van der Waals surface area contributed by atoms with Crippen molar-refractivity contribution in [2.45, 2.75) is 114 Å². The fourth-order valence-corrected chi connectivity index (χ4v) is 3.70. The summed E-state index contributed by atoms with van der Waals surface area (Å²) in [5, 5.41) is 60.1. The van der Waals surface area contributed by atoms with Gasteiger partial charge in [0.1, 0.15) is 42.7 Å². The molecule has 0 aromatic rings. The first-order valence-corrected chi connectivity index (χ1v) is 10.9. The minimum absolute atomic E-state index is 0.323. The molecule has 2 aliphatic heterocycles. The average Bonchev–Trinajstić information content (AvgIpc) is 2.74. The summed E-state index contributed by atoms with van der Waals surface area (Å²) in [6.45, 7) is 3.46. The van der Waals surface area contributed by atoms with Crippen molar-refractivity contribution in [3.8, 4) is 0 Å². The third-order valence-electron chi connectivity index (χ3n) is 5.70. The minimum Gasteiger partial charge on any atom is -0.394 e. The maximum Gasteiger partial charge on any atom is 0.187 e. The van der Waals surface area contributed by atoms with Crippen LogP contribution < -0.4 is 0 Å². The number of ether oxygens (including phenoxy) is 4. The first-order valence-electron chi connectivity index (χ1n) is 10.9. The topological polar surface area (TPSA) is 158 Å². The molecule has 2 aliphatic rings. The van der Waals surface area contributed by atoms with Gasteiger partial charge in [-0.15, -0.1) is 0 Å². The molecule has 2 saturated heterocycles. The summed E-state index contributed by atoms with van der Waals surface area (Å²) >= 11 is 0. The number of aliphatic hydroxyl groups excluding tert-OH is 6. The molecule has 0 aromatic carbocycles. The van der Waals surface area contributed by atoms with Gasteiger partial charge in [-0.1, -0.05) is 39.0 Å². The molecule has 0 amide bonds. The van der Waals surface area contributed by atoms with E-state index in [0.29, 0.717) is 6.61 Å².